The van der Waals surface area contributed by atoms with Crippen LogP contribution in [0.2, 0.25) is 0 Å². The van der Waals surface area contributed by atoms with Crippen LogP contribution in [0.3, 0.4) is 0 Å². The van der Waals surface area contributed by atoms with E-state index in [-0.39, 0.29) is 17.9 Å². The molecular formula is C26H19BrN2O5. The number of amides is 1. The number of benzene rings is 2. The Hall–Kier alpha value is -3.91. The minimum Gasteiger partial charge on any atom is -0.503 e. The average molecular weight is 519 g/mol. The molecule has 0 aliphatic carbocycles. The van der Waals surface area contributed by atoms with E-state index in [1.54, 1.807) is 49.8 Å². The normalized spacial score (nSPS) is 15.9. The number of carbonyl (C=O) groups is 2. The monoisotopic (exact) mass is 518 g/mol. The van der Waals surface area contributed by atoms with Gasteiger partial charge >= 0.3 is 0 Å². The van der Waals surface area contributed by atoms with Crippen molar-refractivity contribution in [2.75, 3.05) is 7.11 Å². The number of nitrogens with zero attached hydrogens (tertiary/aromatic N) is 2. The number of aliphatic hydroxyl groups is 1. The van der Waals surface area contributed by atoms with Crippen LogP contribution in [0.1, 0.15) is 27.7 Å². The molecule has 1 aliphatic heterocycles. The third-order valence-corrected chi connectivity index (χ3v) is 6.28. The van der Waals surface area contributed by atoms with Gasteiger partial charge in [-0.1, -0.05) is 40.2 Å². The van der Waals surface area contributed by atoms with E-state index in [2.05, 4.69) is 20.9 Å². The number of furan rings is 1. The van der Waals surface area contributed by atoms with Crippen LogP contribution in [0.25, 0.3) is 11.0 Å². The first-order valence-corrected chi connectivity index (χ1v) is 11.3. The summed E-state index contributed by atoms with van der Waals surface area (Å²) in [5.74, 6) is -1.18. The number of Topliss-reactive ketones (excluding diaryl/α,β-unsaturated/α-hetero) is 1. The van der Waals surface area contributed by atoms with E-state index in [0.717, 1.165) is 15.4 Å². The lowest BCUT2D eigenvalue weighted by molar-refractivity contribution is -0.130. The van der Waals surface area contributed by atoms with Gasteiger partial charge in [-0.05, 0) is 42.0 Å². The number of aliphatic hydroxyl groups excluding tert-OH is 1. The van der Waals surface area contributed by atoms with Gasteiger partial charge in [-0.25, -0.2) is 0 Å². The number of pyridine rings is 1. The molecule has 2 aromatic heterocycles. The first-order chi connectivity index (χ1) is 16.5. The van der Waals surface area contributed by atoms with Crippen molar-refractivity contribution in [3.8, 4) is 5.75 Å². The molecule has 7 nitrogen and oxygen atoms in total. The summed E-state index contributed by atoms with van der Waals surface area (Å²) in [6.45, 7) is 0.121. The molecule has 0 saturated carbocycles. The SMILES string of the molecule is COc1ccccc1CN1C(=O)C(O)=C(C(=O)c2cc3cc(Br)ccc3o2)C1c1cccnc1. The number of fused-ring (bicyclic) bond motifs is 1. The van der Waals surface area contributed by atoms with Crippen LogP contribution < -0.4 is 4.74 Å². The highest BCUT2D eigenvalue weighted by Crippen LogP contribution is 2.41. The van der Waals surface area contributed by atoms with Gasteiger partial charge in [-0.15, -0.1) is 0 Å². The van der Waals surface area contributed by atoms with E-state index in [1.807, 2.05) is 30.3 Å². The van der Waals surface area contributed by atoms with Crippen molar-refractivity contribution in [3.05, 3.63) is 106 Å². The zero-order valence-corrected chi connectivity index (χ0v) is 19.7. The predicted molar refractivity (Wildman–Crippen MR) is 128 cm³/mol. The minimum atomic E-state index is -0.849. The molecule has 4 aromatic rings. The highest BCUT2D eigenvalue weighted by Gasteiger charge is 2.44. The van der Waals surface area contributed by atoms with Crippen LogP contribution in [0.5, 0.6) is 5.75 Å². The molecule has 170 valence electrons. The van der Waals surface area contributed by atoms with Crippen molar-refractivity contribution in [2.24, 2.45) is 0 Å². The Balaban J connectivity index is 1.59. The zero-order chi connectivity index (χ0) is 23.8. The van der Waals surface area contributed by atoms with E-state index in [0.29, 0.717) is 16.9 Å². The van der Waals surface area contributed by atoms with Crippen LogP contribution in [0.4, 0.5) is 0 Å². The largest absolute Gasteiger partial charge is 0.503 e. The van der Waals surface area contributed by atoms with Gasteiger partial charge in [0.05, 0.1) is 25.3 Å². The summed E-state index contributed by atoms with van der Waals surface area (Å²) >= 11 is 3.41. The minimum absolute atomic E-state index is 0.0375. The Morgan fingerprint density at radius 2 is 2.00 bits per heavy atom. The number of halogens is 1. The summed E-state index contributed by atoms with van der Waals surface area (Å²) in [5, 5.41) is 11.6. The van der Waals surface area contributed by atoms with Crippen molar-refractivity contribution < 1.29 is 23.8 Å². The topological polar surface area (TPSA) is 92.9 Å². The van der Waals surface area contributed by atoms with Gasteiger partial charge in [0.25, 0.3) is 5.91 Å². The number of para-hydroxylation sites is 1. The molecule has 2 aromatic carbocycles. The van der Waals surface area contributed by atoms with Gasteiger partial charge < -0.3 is 19.2 Å². The predicted octanol–water partition coefficient (Wildman–Crippen LogP) is 5.38. The maximum Gasteiger partial charge on any atom is 0.290 e. The second-order valence-corrected chi connectivity index (χ2v) is 8.73. The number of ether oxygens (including phenoxy) is 1. The standard InChI is InChI=1S/C26H19BrN2O5/c1-33-19-7-3-2-5-16(19)14-29-23(15-6-4-10-28-13-15)22(25(31)26(29)32)24(30)21-12-17-11-18(27)8-9-20(17)34-21/h2-13,23,31H,14H2,1H3. The molecule has 3 heterocycles. The number of rotatable bonds is 6. The second-order valence-electron chi connectivity index (χ2n) is 7.82. The van der Waals surface area contributed by atoms with E-state index >= 15 is 0 Å². The fraction of sp³-hybridized carbons (Fsp3) is 0.115. The van der Waals surface area contributed by atoms with Crippen molar-refractivity contribution in [2.45, 2.75) is 12.6 Å². The van der Waals surface area contributed by atoms with E-state index < -0.39 is 23.5 Å². The summed E-state index contributed by atoms with van der Waals surface area (Å²) in [4.78, 5) is 32.4. The summed E-state index contributed by atoms with van der Waals surface area (Å²) in [6, 6.07) is 16.9. The third kappa shape index (κ3) is 3.76. The van der Waals surface area contributed by atoms with Crippen LogP contribution >= 0.6 is 15.9 Å². The Bertz CT molecular complexity index is 1440. The number of aromatic nitrogens is 1. The molecule has 1 unspecified atom stereocenters. The van der Waals surface area contributed by atoms with Gasteiger partial charge in [0.2, 0.25) is 5.78 Å². The molecule has 5 rings (SSSR count). The van der Waals surface area contributed by atoms with Crippen LogP contribution in [-0.4, -0.2) is 33.8 Å². The Morgan fingerprint density at radius 1 is 1.18 bits per heavy atom. The first-order valence-electron chi connectivity index (χ1n) is 10.5. The van der Waals surface area contributed by atoms with Gasteiger partial charge in [0, 0.05) is 27.8 Å². The highest BCUT2D eigenvalue weighted by molar-refractivity contribution is 9.10. The number of ketones is 1. The lowest BCUT2D eigenvalue weighted by Gasteiger charge is -2.27. The third-order valence-electron chi connectivity index (χ3n) is 5.78. The smallest absolute Gasteiger partial charge is 0.290 e. The molecule has 1 aliphatic rings. The maximum absolute atomic E-state index is 13.6. The lowest BCUT2D eigenvalue weighted by atomic mass is 9.96. The number of hydrogen-bond acceptors (Lipinski definition) is 6. The zero-order valence-electron chi connectivity index (χ0n) is 18.1. The Morgan fingerprint density at radius 3 is 2.76 bits per heavy atom. The molecule has 0 bridgehead atoms. The van der Waals surface area contributed by atoms with Crippen molar-refractivity contribution in [1.29, 1.82) is 0 Å². The Labute approximate surface area is 203 Å². The fourth-order valence-electron chi connectivity index (χ4n) is 4.21. The lowest BCUT2D eigenvalue weighted by Crippen LogP contribution is -2.31. The highest BCUT2D eigenvalue weighted by atomic mass is 79.9. The van der Waals surface area contributed by atoms with Gasteiger partial charge in [0.15, 0.2) is 11.5 Å². The molecule has 0 spiro atoms. The summed E-state index contributed by atoms with van der Waals surface area (Å²) < 4.78 is 12.0. The molecule has 0 fully saturated rings. The quantitative estimate of drug-likeness (QED) is 0.344. The van der Waals surface area contributed by atoms with E-state index in [9.17, 15) is 14.7 Å². The van der Waals surface area contributed by atoms with E-state index in [4.69, 9.17) is 9.15 Å². The first kappa shape index (κ1) is 21.9. The molecule has 34 heavy (non-hydrogen) atoms. The van der Waals surface area contributed by atoms with E-state index in [1.165, 1.54) is 4.90 Å². The second kappa shape index (κ2) is 8.79. The van der Waals surface area contributed by atoms with Crippen LogP contribution in [0, 0.1) is 0 Å². The number of methoxy groups -OCH3 is 1. The Kier molecular flexibility index (Phi) is 5.67. The van der Waals surface area contributed by atoms with Gasteiger partial charge in [0.1, 0.15) is 11.3 Å². The number of carbonyl (C=O) groups excluding carboxylic acids is 2. The molecule has 1 amide bonds. The van der Waals surface area contributed by atoms with Crippen LogP contribution in [0.15, 0.2) is 93.3 Å². The maximum atomic E-state index is 13.6. The summed E-state index contributed by atoms with van der Waals surface area (Å²) in [5.41, 5.74) is 1.81. The molecule has 8 heteroatoms. The fourth-order valence-corrected chi connectivity index (χ4v) is 4.59. The number of hydrogen-bond donors (Lipinski definition) is 1. The van der Waals surface area contributed by atoms with Crippen molar-refractivity contribution in [1.82, 2.24) is 9.88 Å². The molecule has 0 saturated heterocycles. The molecule has 1 atom stereocenters. The average Bonchev–Trinajstić information content (AvgIpc) is 3.38. The van der Waals surface area contributed by atoms with Gasteiger partial charge in [-0.2, -0.15) is 0 Å². The summed E-state index contributed by atoms with van der Waals surface area (Å²) in [7, 11) is 1.55. The summed E-state index contributed by atoms with van der Waals surface area (Å²) in [6.07, 6.45) is 3.18. The van der Waals surface area contributed by atoms with Crippen molar-refractivity contribution >= 4 is 38.6 Å². The van der Waals surface area contributed by atoms with Crippen molar-refractivity contribution in [3.63, 3.8) is 0 Å². The molecule has 0 radical (unpaired) electrons. The molecule has 1 N–H and O–H groups in total. The van der Waals surface area contributed by atoms with Gasteiger partial charge in [-0.3, -0.25) is 14.6 Å². The molecular weight excluding hydrogens is 500 g/mol. The van der Waals surface area contributed by atoms with Crippen LogP contribution in [-0.2, 0) is 11.3 Å².